The summed E-state index contributed by atoms with van der Waals surface area (Å²) in [7, 11) is 0. The summed E-state index contributed by atoms with van der Waals surface area (Å²) in [5, 5.41) is 0. The van der Waals surface area contributed by atoms with Crippen LogP contribution < -0.4 is 0 Å². The van der Waals surface area contributed by atoms with Gasteiger partial charge in [-0.2, -0.15) is 0 Å². The van der Waals surface area contributed by atoms with Crippen molar-refractivity contribution in [2.75, 3.05) is 6.65 Å². The Bertz CT molecular complexity index is 11.6. The zero-order chi connectivity index (χ0) is 3.58. The molecule has 28 valence electrons. The van der Waals surface area contributed by atoms with Gasteiger partial charge in [0.15, 0.2) is 0 Å². The summed E-state index contributed by atoms with van der Waals surface area (Å²) in [6.45, 7) is -0.250. The molecular weight excluding hydrogens is 55.0 g/mol. The van der Waals surface area contributed by atoms with Crippen LogP contribution in [0, 0.1) is 0 Å². The van der Waals surface area contributed by atoms with Gasteiger partial charge in [-0.25, -0.2) is 0 Å². The molecule has 0 radical (unpaired) electrons. The fourth-order valence-electron chi connectivity index (χ4n) is 0. The number of rotatable bonds is 0. The number of alkyl halides is 1. The van der Waals surface area contributed by atoms with Crippen LogP contribution in [0.2, 0.25) is 0 Å². The summed E-state index contributed by atoms with van der Waals surface area (Å²) >= 11 is 0. The first kappa shape index (κ1) is 3.93. The van der Waals surface area contributed by atoms with Gasteiger partial charge in [-0.3, -0.25) is 4.39 Å². The predicted octanol–water partition coefficient (Wildman–Crippen LogP) is 1.61. The Balaban J connectivity index is 0. The van der Waals surface area contributed by atoms with Gasteiger partial charge in [0, 0.05) is 0 Å². The van der Waals surface area contributed by atoms with E-state index in [1.165, 1.54) is 6.92 Å². The van der Waals surface area contributed by atoms with Crippen LogP contribution >= 0.6 is 0 Å². The first-order valence-corrected chi connectivity index (χ1v) is 0.796. The largest absolute Gasteiger partial charge is 0.251 e. The van der Waals surface area contributed by atoms with Gasteiger partial charge in [-0.05, 0) is 6.92 Å². The van der Waals surface area contributed by atoms with Gasteiger partial charge in [-0.15, -0.1) is 0 Å². The van der Waals surface area contributed by atoms with Crippen molar-refractivity contribution in [2.24, 2.45) is 0 Å². The summed E-state index contributed by atoms with van der Waals surface area (Å²) in [4.78, 5) is 0. The molecule has 1 atom stereocenters. The molecule has 0 aromatic carbocycles. The topological polar surface area (TPSA) is 0 Å². The lowest BCUT2D eigenvalue weighted by Gasteiger charge is -1.45. The quantitative estimate of drug-likeness (QED) is 0.402. The van der Waals surface area contributed by atoms with Crippen LogP contribution in [-0.4, -0.2) is 6.65 Å². The molecule has 0 rings (SSSR count). The van der Waals surface area contributed by atoms with Crippen LogP contribution in [0.1, 0.15) is 15.7 Å². The van der Waals surface area contributed by atoms with Gasteiger partial charge in [-0.1, -0.05) is 7.43 Å². The molecule has 0 saturated carbocycles. The minimum absolute atomic E-state index is 0. The van der Waals surface area contributed by atoms with Gasteiger partial charge in [0.1, 0.15) is 0 Å². The van der Waals surface area contributed by atoms with E-state index < -0.39 is 6.65 Å². The third kappa shape index (κ3) is 341. The Kier molecular flexibility index (Phi) is 12.4. The zero-order valence-electron chi connectivity index (χ0n) is 2.96. The molecule has 0 bridgehead atoms. The van der Waals surface area contributed by atoms with Crippen molar-refractivity contribution >= 4 is 0 Å². The zero-order valence-corrected chi connectivity index (χ0v) is 1.96. The fourth-order valence-corrected chi connectivity index (χ4v) is 0. The average molecular weight is 65.1 g/mol. The minimum atomic E-state index is -1.42. The van der Waals surface area contributed by atoms with Gasteiger partial charge in [0.25, 0.3) is 0 Å². The van der Waals surface area contributed by atoms with Crippen LogP contribution in [0.25, 0.3) is 0 Å². The summed E-state index contributed by atoms with van der Waals surface area (Å²) in [5.41, 5.74) is 0. The van der Waals surface area contributed by atoms with Crippen molar-refractivity contribution in [3.8, 4) is 0 Å². The Morgan fingerprint density at radius 2 is 2.25 bits per heavy atom. The summed E-state index contributed by atoms with van der Waals surface area (Å²) in [5.74, 6) is 0. The van der Waals surface area contributed by atoms with Crippen LogP contribution in [0.3, 0.4) is 0 Å². The van der Waals surface area contributed by atoms with Crippen molar-refractivity contribution in [1.29, 1.82) is 0 Å². The Morgan fingerprint density at radius 3 is 2.25 bits per heavy atom. The summed E-state index contributed by atoms with van der Waals surface area (Å²) in [6.07, 6.45) is 0. The maximum atomic E-state index is 10.7. The second-order valence-corrected chi connectivity index (χ2v) is 0.218. The highest BCUT2D eigenvalue weighted by Crippen LogP contribution is 1.48. The van der Waals surface area contributed by atoms with Crippen molar-refractivity contribution < 1.29 is 5.76 Å². The number of hydrogen-bond acceptors (Lipinski definition) is 0. The smallest absolute Gasteiger partial charge is 0.0866 e. The average Bonchev–Trinajstić information content (AvgIpc) is 0.811. The molecule has 0 saturated heterocycles. The molecule has 0 aromatic heterocycles. The number of hydrogen-bond donors (Lipinski definition) is 0. The molecule has 0 aliphatic heterocycles. The minimum Gasteiger partial charge on any atom is -0.251 e. The highest BCUT2D eigenvalue weighted by atomic mass is 19.1. The normalized spacial score (nSPS) is 16.0. The summed E-state index contributed by atoms with van der Waals surface area (Å²) < 4.78 is 16.6. The fraction of sp³-hybridized carbons (Fsp3) is 1.00. The van der Waals surface area contributed by atoms with Gasteiger partial charge in [0.05, 0.1) is 8.02 Å². The monoisotopic (exact) mass is 65.1 g/mol. The first-order valence-electron chi connectivity index (χ1n) is 1.37. The predicted molar refractivity (Wildman–Crippen MR) is 18.4 cm³/mol. The lowest BCUT2D eigenvalue weighted by molar-refractivity contribution is 0.527. The SMILES string of the molecule is C.[2H]C(C)F. The molecule has 0 heterocycles. The Labute approximate surface area is 28.0 Å². The van der Waals surface area contributed by atoms with E-state index in [0.29, 0.717) is 0 Å². The van der Waals surface area contributed by atoms with E-state index in [-0.39, 0.29) is 7.43 Å². The van der Waals surface area contributed by atoms with E-state index in [4.69, 9.17) is 1.37 Å². The van der Waals surface area contributed by atoms with Crippen LogP contribution in [-0.2, 0) is 0 Å². The van der Waals surface area contributed by atoms with E-state index in [2.05, 4.69) is 0 Å². The lowest BCUT2D eigenvalue weighted by atomic mass is 10.9. The second-order valence-electron chi connectivity index (χ2n) is 0.218. The molecule has 0 spiro atoms. The maximum absolute atomic E-state index is 10.7. The molecule has 0 amide bonds. The molecular formula is C3H9F. The molecule has 1 heteroatoms. The van der Waals surface area contributed by atoms with Gasteiger partial charge < -0.3 is 0 Å². The number of halogens is 1. The highest BCUT2D eigenvalue weighted by molar-refractivity contribution is 3.86. The molecule has 0 aliphatic carbocycles. The molecule has 1 unspecified atom stereocenters. The van der Waals surface area contributed by atoms with E-state index in [1.807, 2.05) is 0 Å². The maximum Gasteiger partial charge on any atom is 0.0866 e. The van der Waals surface area contributed by atoms with E-state index in [1.54, 1.807) is 0 Å². The second kappa shape index (κ2) is 12.6. The molecule has 0 aromatic rings. The van der Waals surface area contributed by atoms with Crippen LogP contribution in [0.4, 0.5) is 4.39 Å². The van der Waals surface area contributed by atoms with Crippen LogP contribution in [0.15, 0.2) is 0 Å². The van der Waals surface area contributed by atoms with E-state index in [9.17, 15) is 4.39 Å². The Hall–Kier alpha value is -0.0700. The van der Waals surface area contributed by atoms with Crippen molar-refractivity contribution in [3.05, 3.63) is 0 Å². The molecule has 0 aliphatic rings. The van der Waals surface area contributed by atoms with Crippen LogP contribution in [0.5, 0.6) is 0 Å². The van der Waals surface area contributed by atoms with Gasteiger partial charge >= 0.3 is 0 Å². The van der Waals surface area contributed by atoms with Gasteiger partial charge in [0.2, 0.25) is 0 Å². The summed E-state index contributed by atoms with van der Waals surface area (Å²) in [6, 6.07) is 0. The molecule has 4 heavy (non-hydrogen) atoms. The molecule has 0 N–H and O–H groups in total. The van der Waals surface area contributed by atoms with Crippen molar-refractivity contribution in [1.82, 2.24) is 0 Å². The third-order valence-corrected chi connectivity index (χ3v) is 0. The molecule has 0 nitrogen and oxygen atoms in total. The standard InChI is InChI=1S/C2H5F.CH4/c1-2-3;/h2H2,1H3;1H4/i2D;. The van der Waals surface area contributed by atoms with E-state index in [0.717, 1.165) is 0 Å². The third-order valence-electron chi connectivity index (χ3n) is 0. The van der Waals surface area contributed by atoms with Crippen molar-refractivity contribution in [2.45, 2.75) is 14.4 Å². The highest BCUT2D eigenvalue weighted by Gasteiger charge is 1.39. The molecule has 0 fully saturated rings. The lowest BCUT2D eigenvalue weighted by Crippen LogP contribution is -1.40. The first-order chi connectivity index (χ1) is 1.73. The van der Waals surface area contributed by atoms with E-state index >= 15 is 0 Å². The van der Waals surface area contributed by atoms with Crippen molar-refractivity contribution in [3.63, 3.8) is 0 Å². The Morgan fingerprint density at radius 1 is 2.25 bits per heavy atom.